The van der Waals surface area contributed by atoms with Gasteiger partial charge in [0.2, 0.25) is 0 Å². The zero-order valence-corrected chi connectivity index (χ0v) is 16.5. The van der Waals surface area contributed by atoms with Crippen molar-refractivity contribution in [1.29, 1.82) is 0 Å². The predicted octanol–water partition coefficient (Wildman–Crippen LogP) is 4.34. The monoisotopic (exact) mass is 408 g/mol. The maximum Gasteiger partial charge on any atom is 0.280 e. The van der Waals surface area contributed by atoms with Crippen molar-refractivity contribution in [3.63, 3.8) is 0 Å². The number of benzene rings is 3. The van der Waals surface area contributed by atoms with Crippen LogP contribution in [0.25, 0.3) is 0 Å². The Bertz CT molecular complexity index is 1310. The third-order valence-corrected chi connectivity index (χ3v) is 5.31. The lowest BCUT2D eigenvalue weighted by molar-refractivity contribution is -0.117. The molecular formula is C24H16N4O3. The summed E-state index contributed by atoms with van der Waals surface area (Å²) in [5, 5.41) is 14.0. The van der Waals surface area contributed by atoms with Crippen molar-refractivity contribution in [2.45, 2.75) is 13.0 Å². The summed E-state index contributed by atoms with van der Waals surface area (Å²) in [6.07, 6.45) is 0. The SMILES string of the molecule is CC1=NN(c2ccccc2)C(=O)C1N=Nc1cccc2c1C(=O)c1ccccc1C2=O. The fourth-order valence-corrected chi connectivity index (χ4v) is 3.77. The van der Waals surface area contributed by atoms with E-state index in [1.54, 1.807) is 61.5 Å². The van der Waals surface area contributed by atoms with Gasteiger partial charge in [-0.2, -0.15) is 20.3 Å². The van der Waals surface area contributed by atoms with Crippen LogP contribution in [0.4, 0.5) is 11.4 Å². The molecule has 1 aliphatic carbocycles. The number of ketones is 2. The van der Waals surface area contributed by atoms with Gasteiger partial charge in [-0.25, -0.2) is 0 Å². The van der Waals surface area contributed by atoms with Gasteiger partial charge < -0.3 is 0 Å². The van der Waals surface area contributed by atoms with Gasteiger partial charge in [0.1, 0.15) is 0 Å². The Hall–Kier alpha value is -4.26. The fraction of sp³-hybridized carbons (Fsp3) is 0.0833. The highest BCUT2D eigenvalue weighted by atomic mass is 16.2. The average Bonchev–Trinajstić information content (AvgIpc) is 3.09. The van der Waals surface area contributed by atoms with Crippen molar-refractivity contribution >= 4 is 34.6 Å². The van der Waals surface area contributed by atoms with Crippen LogP contribution in [0.2, 0.25) is 0 Å². The van der Waals surface area contributed by atoms with Crippen LogP contribution in [0, 0.1) is 0 Å². The number of rotatable bonds is 3. The normalized spacial score (nSPS) is 17.7. The summed E-state index contributed by atoms with van der Waals surface area (Å²) in [4.78, 5) is 38.8. The molecule has 0 saturated carbocycles. The Balaban J connectivity index is 1.50. The number of hydrogen-bond donors (Lipinski definition) is 0. The minimum absolute atomic E-state index is 0.204. The molecule has 2 aliphatic rings. The highest BCUT2D eigenvalue weighted by Crippen LogP contribution is 2.34. The third kappa shape index (κ3) is 2.98. The molecule has 0 saturated heterocycles. The van der Waals surface area contributed by atoms with Crippen LogP contribution in [-0.4, -0.2) is 29.2 Å². The number of anilines is 1. The molecule has 150 valence electrons. The van der Waals surface area contributed by atoms with E-state index in [0.29, 0.717) is 22.5 Å². The first-order valence-corrected chi connectivity index (χ1v) is 9.72. The van der Waals surface area contributed by atoms with Gasteiger partial charge in [0.25, 0.3) is 5.91 Å². The van der Waals surface area contributed by atoms with Crippen LogP contribution in [0.1, 0.15) is 38.8 Å². The van der Waals surface area contributed by atoms with Gasteiger partial charge in [-0.1, -0.05) is 54.6 Å². The van der Waals surface area contributed by atoms with Crippen molar-refractivity contribution in [3.05, 3.63) is 95.1 Å². The van der Waals surface area contributed by atoms with Gasteiger partial charge in [-0.3, -0.25) is 14.4 Å². The van der Waals surface area contributed by atoms with Crippen LogP contribution in [0.5, 0.6) is 0 Å². The highest BCUT2D eigenvalue weighted by Gasteiger charge is 2.35. The van der Waals surface area contributed by atoms with Crippen LogP contribution in [0.15, 0.2) is 88.1 Å². The maximum absolute atomic E-state index is 13.1. The Kier molecular flexibility index (Phi) is 4.36. The van der Waals surface area contributed by atoms with Crippen LogP contribution < -0.4 is 5.01 Å². The summed E-state index contributed by atoms with van der Waals surface area (Å²) in [6.45, 7) is 1.70. The van der Waals surface area contributed by atoms with E-state index in [2.05, 4.69) is 15.3 Å². The predicted molar refractivity (Wildman–Crippen MR) is 115 cm³/mol. The van der Waals surface area contributed by atoms with Gasteiger partial charge >= 0.3 is 0 Å². The van der Waals surface area contributed by atoms with E-state index in [-0.39, 0.29) is 34.3 Å². The summed E-state index contributed by atoms with van der Waals surface area (Å²) < 4.78 is 0. The zero-order valence-electron chi connectivity index (χ0n) is 16.5. The van der Waals surface area contributed by atoms with E-state index in [9.17, 15) is 14.4 Å². The maximum atomic E-state index is 13.1. The number of azo groups is 1. The first-order valence-electron chi connectivity index (χ1n) is 9.72. The highest BCUT2D eigenvalue weighted by molar-refractivity contribution is 6.30. The second kappa shape index (κ2) is 7.21. The first kappa shape index (κ1) is 18.7. The summed E-state index contributed by atoms with van der Waals surface area (Å²) in [5.41, 5.74) is 2.59. The smallest absolute Gasteiger partial charge is 0.280 e. The number of para-hydroxylation sites is 1. The van der Waals surface area contributed by atoms with Gasteiger partial charge in [-0.15, -0.1) is 0 Å². The molecule has 1 heterocycles. The number of hydrazone groups is 1. The molecule has 7 nitrogen and oxygen atoms in total. The number of nitrogens with zero attached hydrogens (tertiary/aromatic N) is 4. The van der Waals surface area contributed by atoms with Crippen molar-refractivity contribution < 1.29 is 14.4 Å². The summed E-state index contributed by atoms with van der Waals surface area (Å²) in [7, 11) is 0. The average molecular weight is 408 g/mol. The molecule has 3 aromatic rings. The van der Waals surface area contributed by atoms with Gasteiger partial charge in [0.05, 0.1) is 22.6 Å². The lowest BCUT2D eigenvalue weighted by atomic mass is 9.83. The molecule has 0 spiro atoms. The Morgan fingerprint density at radius 2 is 1.42 bits per heavy atom. The van der Waals surface area contributed by atoms with Crippen LogP contribution in [0.3, 0.4) is 0 Å². The van der Waals surface area contributed by atoms with E-state index in [1.165, 1.54) is 5.01 Å². The molecular weight excluding hydrogens is 392 g/mol. The molecule has 1 atom stereocenters. The number of fused-ring (bicyclic) bond motifs is 2. The lowest BCUT2D eigenvalue weighted by Gasteiger charge is -2.18. The molecule has 0 N–H and O–H groups in total. The van der Waals surface area contributed by atoms with Crippen LogP contribution >= 0.6 is 0 Å². The van der Waals surface area contributed by atoms with Crippen molar-refractivity contribution in [3.8, 4) is 0 Å². The molecule has 0 aromatic heterocycles. The second-order valence-electron chi connectivity index (χ2n) is 7.25. The van der Waals surface area contributed by atoms with Crippen molar-refractivity contribution in [1.82, 2.24) is 0 Å². The molecule has 1 unspecified atom stereocenters. The number of carbonyl (C=O) groups is 3. The van der Waals surface area contributed by atoms with E-state index in [0.717, 1.165) is 0 Å². The topological polar surface area (TPSA) is 91.5 Å². The van der Waals surface area contributed by atoms with E-state index >= 15 is 0 Å². The fourth-order valence-electron chi connectivity index (χ4n) is 3.77. The summed E-state index contributed by atoms with van der Waals surface area (Å²) in [5.74, 6) is -0.842. The van der Waals surface area contributed by atoms with E-state index in [4.69, 9.17) is 0 Å². The molecule has 3 aromatic carbocycles. The lowest BCUT2D eigenvalue weighted by Crippen LogP contribution is -2.29. The van der Waals surface area contributed by atoms with Crippen molar-refractivity contribution in [2.24, 2.45) is 15.3 Å². The molecule has 1 aliphatic heterocycles. The Morgan fingerprint density at radius 1 is 0.774 bits per heavy atom. The number of carbonyl (C=O) groups excluding carboxylic acids is 3. The van der Waals surface area contributed by atoms with Gasteiger partial charge in [-0.05, 0) is 25.1 Å². The van der Waals surface area contributed by atoms with Gasteiger partial charge in [0.15, 0.2) is 17.6 Å². The zero-order chi connectivity index (χ0) is 21.5. The summed E-state index contributed by atoms with van der Waals surface area (Å²) in [6, 6.07) is 19.7. The van der Waals surface area contributed by atoms with E-state index in [1.807, 2.05) is 18.2 Å². The molecule has 7 heteroatoms. The molecule has 0 radical (unpaired) electrons. The minimum Gasteiger partial charge on any atom is -0.289 e. The minimum atomic E-state index is -0.891. The van der Waals surface area contributed by atoms with E-state index < -0.39 is 6.04 Å². The number of amides is 1. The second-order valence-corrected chi connectivity index (χ2v) is 7.25. The van der Waals surface area contributed by atoms with Crippen molar-refractivity contribution in [2.75, 3.05) is 5.01 Å². The quantitative estimate of drug-likeness (QED) is 0.472. The molecule has 0 fully saturated rings. The molecule has 1 amide bonds. The molecule has 5 rings (SSSR count). The Labute approximate surface area is 177 Å². The first-order chi connectivity index (χ1) is 15.1. The third-order valence-electron chi connectivity index (χ3n) is 5.31. The largest absolute Gasteiger partial charge is 0.289 e. The molecule has 31 heavy (non-hydrogen) atoms. The molecule has 0 bridgehead atoms. The number of hydrogen-bond acceptors (Lipinski definition) is 6. The summed E-state index contributed by atoms with van der Waals surface area (Å²) >= 11 is 0. The van der Waals surface area contributed by atoms with Crippen LogP contribution in [-0.2, 0) is 4.79 Å². The van der Waals surface area contributed by atoms with Gasteiger partial charge in [0, 0.05) is 16.7 Å². The standard InChI is InChI=1S/C24H16N4O3/c1-14-21(24(31)28(27-14)15-8-3-2-4-9-15)26-25-19-13-7-12-18-20(19)23(30)17-11-6-5-10-16(17)22(18)29/h2-13,21H,1H3. The Morgan fingerprint density at radius 3 is 2.16 bits per heavy atom.